The fourth-order valence-electron chi connectivity index (χ4n) is 1.89. The van der Waals surface area contributed by atoms with Gasteiger partial charge in [0.2, 0.25) is 0 Å². The van der Waals surface area contributed by atoms with Crippen molar-refractivity contribution >= 4 is 50.4 Å². The van der Waals surface area contributed by atoms with Crippen molar-refractivity contribution in [1.82, 2.24) is 9.97 Å². The van der Waals surface area contributed by atoms with Crippen molar-refractivity contribution < 1.29 is 9.90 Å². The first-order chi connectivity index (χ1) is 8.15. The molecule has 0 saturated heterocycles. The summed E-state index contributed by atoms with van der Waals surface area (Å²) < 4.78 is 1.12. The van der Waals surface area contributed by atoms with Crippen molar-refractivity contribution in [2.75, 3.05) is 0 Å². The molecular weight excluding hydrogens is 331 g/mol. The number of hydrogen-bond donors (Lipinski definition) is 2. The van der Waals surface area contributed by atoms with E-state index >= 15 is 0 Å². The van der Waals surface area contributed by atoms with Gasteiger partial charge in [0.25, 0.3) is 0 Å². The molecule has 3 rings (SSSR count). The number of rotatable bonds is 1. The van der Waals surface area contributed by atoms with Crippen LogP contribution in [-0.4, -0.2) is 21.0 Å². The SMILES string of the molecule is O=C(O)c1cc2c(cn1)[nH]c1ccc(I)cc12. The molecule has 0 atom stereocenters. The quantitative estimate of drug-likeness (QED) is 0.671. The third-order valence-electron chi connectivity index (χ3n) is 2.66. The number of aromatic amines is 1. The van der Waals surface area contributed by atoms with E-state index in [1.165, 1.54) is 0 Å². The lowest BCUT2D eigenvalue weighted by atomic mass is 10.1. The van der Waals surface area contributed by atoms with E-state index in [0.717, 1.165) is 25.4 Å². The molecule has 0 unspecified atom stereocenters. The summed E-state index contributed by atoms with van der Waals surface area (Å²) in [5.41, 5.74) is 1.91. The van der Waals surface area contributed by atoms with Crippen molar-refractivity contribution in [3.8, 4) is 0 Å². The Labute approximate surface area is 110 Å². The predicted molar refractivity (Wildman–Crippen MR) is 73.3 cm³/mol. The molecule has 1 aromatic carbocycles. The van der Waals surface area contributed by atoms with Crippen LogP contribution in [0.25, 0.3) is 21.8 Å². The zero-order valence-corrected chi connectivity index (χ0v) is 10.7. The number of benzene rings is 1. The predicted octanol–water partition coefficient (Wildman–Crippen LogP) is 3.02. The number of aromatic carboxylic acids is 1. The number of nitrogens with zero attached hydrogens (tertiary/aromatic N) is 1. The van der Waals surface area contributed by atoms with Crippen molar-refractivity contribution in [1.29, 1.82) is 0 Å². The molecule has 0 aliphatic rings. The van der Waals surface area contributed by atoms with Gasteiger partial charge in [0.05, 0.1) is 11.7 Å². The van der Waals surface area contributed by atoms with Gasteiger partial charge in [0.15, 0.2) is 0 Å². The minimum atomic E-state index is -1.01. The lowest BCUT2D eigenvalue weighted by molar-refractivity contribution is 0.0691. The van der Waals surface area contributed by atoms with Gasteiger partial charge in [0.1, 0.15) is 5.69 Å². The molecule has 0 aliphatic heterocycles. The molecule has 2 heterocycles. The fourth-order valence-corrected chi connectivity index (χ4v) is 2.38. The molecule has 4 nitrogen and oxygen atoms in total. The van der Waals surface area contributed by atoms with E-state index in [1.807, 2.05) is 18.2 Å². The van der Waals surface area contributed by atoms with Gasteiger partial charge < -0.3 is 10.1 Å². The minimum absolute atomic E-state index is 0.0669. The Hall–Kier alpha value is -1.63. The molecule has 84 valence electrons. The zero-order chi connectivity index (χ0) is 12.0. The van der Waals surface area contributed by atoms with Gasteiger partial charge in [-0.2, -0.15) is 0 Å². The van der Waals surface area contributed by atoms with Gasteiger partial charge in [-0.05, 0) is 46.9 Å². The van der Waals surface area contributed by atoms with E-state index < -0.39 is 5.97 Å². The van der Waals surface area contributed by atoms with Crippen LogP contribution >= 0.6 is 22.6 Å². The van der Waals surface area contributed by atoms with Gasteiger partial charge in [-0.25, -0.2) is 9.78 Å². The highest BCUT2D eigenvalue weighted by Gasteiger charge is 2.09. The van der Waals surface area contributed by atoms with E-state index in [9.17, 15) is 4.79 Å². The van der Waals surface area contributed by atoms with Gasteiger partial charge >= 0.3 is 5.97 Å². The smallest absolute Gasteiger partial charge is 0.354 e. The molecule has 17 heavy (non-hydrogen) atoms. The largest absolute Gasteiger partial charge is 0.477 e. The van der Waals surface area contributed by atoms with Crippen molar-refractivity contribution in [2.45, 2.75) is 0 Å². The standard InChI is InChI=1S/C12H7IN2O2/c13-6-1-2-9-7(3-6)8-4-10(12(16)17)14-5-11(8)15-9/h1-5,15H,(H,16,17). The maximum absolute atomic E-state index is 10.9. The first-order valence-corrected chi connectivity index (χ1v) is 6.03. The van der Waals surface area contributed by atoms with Gasteiger partial charge in [-0.1, -0.05) is 0 Å². The second kappa shape index (κ2) is 3.69. The Bertz CT molecular complexity index is 749. The molecule has 0 bridgehead atoms. The summed E-state index contributed by atoms with van der Waals surface area (Å²) in [6, 6.07) is 7.62. The number of pyridine rings is 1. The maximum atomic E-state index is 10.9. The first kappa shape index (κ1) is 10.5. The van der Waals surface area contributed by atoms with Crippen LogP contribution in [0.15, 0.2) is 30.5 Å². The van der Waals surface area contributed by atoms with Crippen LogP contribution in [-0.2, 0) is 0 Å². The topological polar surface area (TPSA) is 66.0 Å². The van der Waals surface area contributed by atoms with Crippen molar-refractivity contribution in [3.63, 3.8) is 0 Å². The Morgan fingerprint density at radius 3 is 2.76 bits per heavy atom. The van der Waals surface area contributed by atoms with Gasteiger partial charge in [-0.15, -0.1) is 0 Å². The molecule has 0 spiro atoms. The first-order valence-electron chi connectivity index (χ1n) is 4.95. The molecule has 2 aromatic heterocycles. The number of fused-ring (bicyclic) bond motifs is 3. The monoisotopic (exact) mass is 338 g/mol. The molecule has 0 radical (unpaired) electrons. The average Bonchev–Trinajstić information content (AvgIpc) is 2.66. The molecule has 0 saturated carbocycles. The van der Waals surface area contributed by atoms with E-state index in [1.54, 1.807) is 12.3 Å². The Kier molecular flexibility index (Phi) is 2.29. The Morgan fingerprint density at radius 1 is 1.24 bits per heavy atom. The fraction of sp³-hybridized carbons (Fsp3) is 0. The summed E-state index contributed by atoms with van der Waals surface area (Å²) in [4.78, 5) is 18.0. The summed E-state index contributed by atoms with van der Waals surface area (Å²) in [5.74, 6) is -1.01. The average molecular weight is 338 g/mol. The number of nitrogens with one attached hydrogen (secondary N) is 1. The van der Waals surface area contributed by atoms with Crippen LogP contribution in [0.3, 0.4) is 0 Å². The Balaban J connectivity index is 2.43. The number of hydrogen-bond acceptors (Lipinski definition) is 2. The van der Waals surface area contributed by atoms with Crippen LogP contribution in [0.2, 0.25) is 0 Å². The second-order valence-electron chi connectivity index (χ2n) is 3.74. The highest BCUT2D eigenvalue weighted by molar-refractivity contribution is 14.1. The van der Waals surface area contributed by atoms with E-state index in [2.05, 4.69) is 32.6 Å². The van der Waals surface area contributed by atoms with E-state index in [-0.39, 0.29) is 5.69 Å². The van der Waals surface area contributed by atoms with Crippen LogP contribution in [0.4, 0.5) is 0 Å². The molecule has 0 amide bonds. The highest BCUT2D eigenvalue weighted by atomic mass is 127. The van der Waals surface area contributed by atoms with E-state index in [4.69, 9.17) is 5.11 Å². The molecule has 3 aromatic rings. The normalized spacial score (nSPS) is 11.1. The number of carbonyl (C=O) groups is 1. The highest BCUT2D eigenvalue weighted by Crippen LogP contribution is 2.26. The lowest BCUT2D eigenvalue weighted by Gasteiger charge is -1.94. The van der Waals surface area contributed by atoms with Crippen molar-refractivity contribution in [3.05, 3.63) is 39.7 Å². The summed E-state index contributed by atoms with van der Waals surface area (Å²) in [6.45, 7) is 0. The van der Waals surface area contributed by atoms with Crippen LogP contribution < -0.4 is 0 Å². The number of aromatic nitrogens is 2. The van der Waals surface area contributed by atoms with E-state index in [0.29, 0.717) is 0 Å². The maximum Gasteiger partial charge on any atom is 0.354 e. The molecule has 2 N–H and O–H groups in total. The molecular formula is C12H7IN2O2. The molecule has 0 fully saturated rings. The number of carboxylic acid groups (broad SMARTS) is 1. The second-order valence-corrected chi connectivity index (χ2v) is 4.98. The van der Waals surface area contributed by atoms with Crippen LogP contribution in [0, 0.1) is 3.57 Å². The number of halogens is 1. The summed E-state index contributed by atoms with van der Waals surface area (Å²) in [7, 11) is 0. The Morgan fingerprint density at radius 2 is 2.00 bits per heavy atom. The number of carboxylic acids is 1. The van der Waals surface area contributed by atoms with Crippen LogP contribution in [0.5, 0.6) is 0 Å². The van der Waals surface area contributed by atoms with Crippen LogP contribution in [0.1, 0.15) is 10.5 Å². The van der Waals surface area contributed by atoms with Gasteiger partial charge in [-0.3, -0.25) is 0 Å². The summed E-state index contributed by atoms with van der Waals surface area (Å²) >= 11 is 2.23. The van der Waals surface area contributed by atoms with Crippen molar-refractivity contribution in [2.24, 2.45) is 0 Å². The molecule has 0 aliphatic carbocycles. The lowest BCUT2D eigenvalue weighted by Crippen LogP contribution is -1.98. The van der Waals surface area contributed by atoms with Gasteiger partial charge in [0, 0.05) is 19.9 Å². The number of H-pyrrole nitrogens is 1. The zero-order valence-electron chi connectivity index (χ0n) is 8.57. The summed E-state index contributed by atoms with van der Waals surface area (Å²) in [5, 5.41) is 10.9. The molecule has 5 heteroatoms. The third kappa shape index (κ3) is 1.66. The third-order valence-corrected chi connectivity index (χ3v) is 3.34. The summed E-state index contributed by atoms with van der Waals surface area (Å²) in [6.07, 6.45) is 1.56. The minimum Gasteiger partial charge on any atom is -0.477 e.